The first-order valence-corrected chi connectivity index (χ1v) is 10.9. The number of sulfonamides is 2. The first-order valence-electron chi connectivity index (χ1n) is 7.59. The Morgan fingerprint density at radius 2 is 1.60 bits per heavy atom. The molecule has 1 aliphatic rings. The van der Waals surface area contributed by atoms with Crippen molar-refractivity contribution in [1.29, 1.82) is 0 Å². The van der Waals surface area contributed by atoms with E-state index < -0.39 is 20.0 Å². The van der Waals surface area contributed by atoms with Gasteiger partial charge in [0.2, 0.25) is 10.0 Å². The maximum atomic E-state index is 12.5. The molecular formula is C16H17ClN2O4S2. The summed E-state index contributed by atoms with van der Waals surface area (Å²) < 4.78 is 54.2. The molecule has 2 aromatic carbocycles. The second kappa shape index (κ2) is 6.60. The number of anilines is 1. The molecule has 134 valence electrons. The van der Waals surface area contributed by atoms with Crippen LogP contribution in [0.25, 0.3) is 0 Å². The Labute approximate surface area is 152 Å². The van der Waals surface area contributed by atoms with Crippen molar-refractivity contribution >= 4 is 37.3 Å². The van der Waals surface area contributed by atoms with E-state index in [0.29, 0.717) is 10.6 Å². The van der Waals surface area contributed by atoms with Crippen LogP contribution in [-0.2, 0) is 20.0 Å². The number of benzene rings is 2. The van der Waals surface area contributed by atoms with Gasteiger partial charge in [-0.2, -0.15) is 0 Å². The van der Waals surface area contributed by atoms with E-state index in [1.807, 2.05) is 0 Å². The summed E-state index contributed by atoms with van der Waals surface area (Å²) in [6.45, 7) is 1.65. The van der Waals surface area contributed by atoms with Crippen LogP contribution in [0, 0.1) is 6.92 Å². The van der Waals surface area contributed by atoms with Gasteiger partial charge in [-0.05, 0) is 67.8 Å². The Kier molecular flexibility index (Phi) is 4.80. The van der Waals surface area contributed by atoms with Crippen molar-refractivity contribution < 1.29 is 16.8 Å². The van der Waals surface area contributed by atoms with E-state index in [-0.39, 0.29) is 21.5 Å². The van der Waals surface area contributed by atoms with Gasteiger partial charge < -0.3 is 0 Å². The number of hydrogen-bond acceptors (Lipinski definition) is 4. The monoisotopic (exact) mass is 400 g/mol. The van der Waals surface area contributed by atoms with Gasteiger partial charge in [0, 0.05) is 16.8 Å². The predicted octanol–water partition coefficient (Wildman–Crippen LogP) is 2.89. The second-order valence-electron chi connectivity index (χ2n) is 5.94. The fourth-order valence-corrected chi connectivity index (χ4v) is 5.13. The largest absolute Gasteiger partial charge is 0.280 e. The van der Waals surface area contributed by atoms with Crippen molar-refractivity contribution in [1.82, 2.24) is 4.72 Å². The zero-order valence-electron chi connectivity index (χ0n) is 13.4. The first-order chi connectivity index (χ1) is 11.7. The molecule has 6 nitrogen and oxygen atoms in total. The molecule has 9 heteroatoms. The van der Waals surface area contributed by atoms with Crippen LogP contribution in [0.15, 0.2) is 52.3 Å². The molecule has 0 bridgehead atoms. The van der Waals surface area contributed by atoms with E-state index in [4.69, 9.17) is 11.6 Å². The Morgan fingerprint density at radius 1 is 0.960 bits per heavy atom. The Balaban J connectivity index is 1.80. The SMILES string of the molecule is Cc1cc(Cl)ccc1S(=O)(=O)Nc1ccc(S(=O)(=O)NC2CC2)cc1. The van der Waals surface area contributed by atoms with Crippen molar-refractivity contribution in [3.63, 3.8) is 0 Å². The summed E-state index contributed by atoms with van der Waals surface area (Å²) in [5, 5.41) is 0.453. The van der Waals surface area contributed by atoms with Crippen LogP contribution < -0.4 is 9.44 Å². The van der Waals surface area contributed by atoms with Gasteiger partial charge >= 0.3 is 0 Å². The number of aryl methyl sites for hydroxylation is 1. The number of halogens is 1. The molecule has 0 aliphatic heterocycles. The Morgan fingerprint density at radius 3 is 2.16 bits per heavy atom. The summed E-state index contributed by atoms with van der Waals surface area (Å²) in [5.41, 5.74) is 0.799. The molecule has 0 saturated heterocycles. The minimum Gasteiger partial charge on any atom is -0.280 e. The summed E-state index contributed by atoms with van der Waals surface area (Å²) in [5.74, 6) is 0. The molecule has 0 spiro atoms. The highest BCUT2D eigenvalue weighted by Crippen LogP contribution is 2.25. The molecule has 0 unspecified atom stereocenters. The zero-order chi connectivity index (χ0) is 18.2. The zero-order valence-corrected chi connectivity index (χ0v) is 15.7. The van der Waals surface area contributed by atoms with E-state index in [9.17, 15) is 16.8 Å². The lowest BCUT2D eigenvalue weighted by molar-refractivity contribution is 0.581. The molecule has 1 fully saturated rings. The highest BCUT2D eigenvalue weighted by atomic mass is 35.5. The molecule has 25 heavy (non-hydrogen) atoms. The molecule has 0 atom stereocenters. The summed E-state index contributed by atoms with van der Waals surface area (Å²) in [7, 11) is -7.35. The normalized spacial score (nSPS) is 15.1. The van der Waals surface area contributed by atoms with Crippen molar-refractivity contribution in [2.45, 2.75) is 35.6 Å². The fraction of sp³-hybridized carbons (Fsp3) is 0.250. The quantitative estimate of drug-likeness (QED) is 0.779. The highest BCUT2D eigenvalue weighted by molar-refractivity contribution is 7.92. The van der Waals surface area contributed by atoms with Crippen molar-refractivity contribution in [3.05, 3.63) is 53.1 Å². The highest BCUT2D eigenvalue weighted by Gasteiger charge is 2.28. The van der Waals surface area contributed by atoms with Crippen molar-refractivity contribution in [3.8, 4) is 0 Å². The first kappa shape index (κ1) is 18.2. The van der Waals surface area contributed by atoms with Gasteiger partial charge in [-0.1, -0.05) is 11.6 Å². The standard InChI is InChI=1S/C16H17ClN2O4S2/c1-11-10-12(17)2-9-16(11)25(22,23)19-14-5-7-15(8-6-14)24(20,21)18-13-3-4-13/h2,5-10,13,18-19H,3-4H2,1H3. The van der Waals surface area contributed by atoms with Gasteiger partial charge in [0.05, 0.1) is 9.79 Å². The van der Waals surface area contributed by atoms with E-state index in [0.717, 1.165) is 12.8 Å². The lowest BCUT2D eigenvalue weighted by atomic mass is 10.2. The minimum absolute atomic E-state index is 0.0102. The molecule has 0 amide bonds. The van der Waals surface area contributed by atoms with Gasteiger partial charge in [0.1, 0.15) is 0 Å². The smallest absolute Gasteiger partial charge is 0.262 e. The molecule has 3 rings (SSSR count). The summed E-state index contributed by atoms with van der Waals surface area (Å²) in [4.78, 5) is 0.217. The lowest BCUT2D eigenvalue weighted by Gasteiger charge is -2.11. The van der Waals surface area contributed by atoms with E-state index in [1.165, 1.54) is 36.4 Å². The van der Waals surface area contributed by atoms with E-state index >= 15 is 0 Å². The molecule has 0 aromatic heterocycles. The van der Waals surface area contributed by atoms with Crippen LogP contribution in [0.4, 0.5) is 5.69 Å². The van der Waals surface area contributed by atoms with Crippen LogP contribution in [0.3, 0.4) is 0 Å². The minimum atomic E-state index is -3.79. The third-order valence-electron chi connectivity index (χ3n) is 3.74. The number of rotatable bonds is 6. The van der Waals surface area contributed by atoms with E-state index in [2.05, 4.69) is 9.44 Å². The van der Waals surface area contributed by atoms with Crippen LogP contribution in [-0.4, -0.2) is 22.9 Å². The van der Waals surface area contributed by atoms with E-state index in [1.54, 1.807) is 13.0 Å². The van der Waals surface area contributed by atoms with Crippen LogP contribution >= 0.6 is 11.6 Å². The van der Waals surface area contributed by atoms with Crippen LogP contribution in [0.1, 0.15) is 18.4 Å². The average molecular weight is 401 g/mol. The van der Waals surface area contributed by atoms with Crippen LogP contribution in [0.2, 0.25) is 5.02 Å². The van der Waals surface area contributed by atoms with Crippen LogP contribution in [0.5, 0.6) is 0 Å². The fourth-order valence-electron chi connectivity index (χ4n) is 2.32. The molecule has 1 aliphatic carbocycles. The second-order valence-corrected chi connectivity index (χ2v) is 9.74. The maximum Gasteiger partial charge on any atom is 0.262 e. The Bertz CT molecular complexity index is 999. The summed E-state index contributed by atoms with van der Waals surface area (Å²) in [6, 6.07) is 10.1. The molecule has 1 saturated carbocycles. The third-order valence-corrected chi connectivity index (χ3v) is 7.06. The number of nitrogens with one attached hydrogen (secondary N) is 2. The molecule has 0 heterocycles. The average Bonchev–Trinajstić information content (AvgIpc) is 3.30. The van der Waals surface area contributed by atoms with Crippen molar-refractivity contribution in [2.75, 3.05) is 4.72 Å². The van der Waals surface area contributed by atoms with Crippen molar-refractivity contribution in [2.24, 2.45) is 0 Å². The molecule has 0 radical (unpaired) electrons. The molecular weight excluding hydrogens is 384 g/mol. The number of hydrogen-bond donors (Lipinski definition) is 2. The summed E-state index contributed by atoms with van der Waals surface area (Å²) in [6.07, 6.45) is 1.69. The maximum absolute atomic E-state index is 12.5. The van der Waals surface area contributed by atoms with Gasteiger partial charge in [-0.3, -0.25) is 4.72 Å². The molecule has 2 N–H and O–H groups in total. The van der Waals surface area contributed by atoms with Gasteiger partial charge in [-0.25, -0.2) is 21.6 Å². The summed E-state index contributed by atoms with van der Waals surface area (Å²) >= 11 is 5.85. The predicted molar refractivity (Wildman–Crippen MR) is 96.8 cm³/mol. The van der Waals surface area contributed by atoms with Gasteiger partial charge in [-0.15, -0.1) is 0 Å². The topological polar surface area (TPSA) is 92.3 Å². The van der Waals surface area contributed by atoms with Gasteiger partial charge in [0.15, 0.2) is 0 Å². The van der Waals surface area contributed by atoms with Gasteiger partial charge in [0.25, 0.3) is 10.0 Å². The molecule has 2 aromatic rings. The lowest BCUT2D eigenvalue weighted by Crippen LogP contribution is -2.25. The Hall–Kier alpha value is -1.61. The third kappa shape index (κ3) is 4.33.